The second-order valence-electron chi connectivity index (χ2n) is 4.41. The quantitative estimate of drug-likeness (QED) is 0.629. The van der Waals surface area contributed by atoms with Crippen molar-refractivity contribution >= 4 is 0 Å². The third-order valence-corrected chi connectivity index (χ3v) is 2.59. The Labute approximate surface area is 87.1 Å². The Kier molecular flexibility index (Phi) is 3.06. The minimum absolute atomic E-state index is 0.500. The van der Waals surface area contributed by atoms with Gasteiger partial charge in [0.05, 0.1) is 5.69 Å². The van der Waals surface area contributed by atoms with E-state index in [-0.39, 0.29) is 0 Å². The van der Waals surface area contributed by atoms with Crippen molar-refractivity contribution in [2.45, 2.75) is 39.5 Å². The minimum Gasteiger partial charge on any atom is -0.344 e. The molecule has 0 aliphatic carbocycles. The van der Waals surface area contributed by atoms with Crippen LogP contribution >= 0.6 is 0 Å². The van der Waals surface area contributed by atoms with Gasteiger partial charge in [-0.25, -0.2) is 0 Å². The monoisotopic (exact) mass is 189 g/mol. The fraction of sp³-hybridized carbons (Fsp3) is 0.538. The molecule has 1 aromatic rings. The summed E-state index contributed by atoms with van der Waals surface area (Å²) in [5, 5.41) is 0. The molecule has 1 rings (SSSR count). The molecule has 0 bridgehead atoms. The van der Waals surface area contributed by atoms with Gasteiger partial charge in [0.1, 0.15) is 0 Å². The van der Waals surface area contributed by atoms with Gasteiger partial charge in [-0.3, -0.25) is 0 Å². The molecular formula is C13H19N. The van der Waals surface area contributed by atoms with Crippen LogP contribution in [0.25, 0.3) is 0 Å². The summed E-state index contributed by atoms with van der Waals surface area (Å²) in [6, 6.07) is 0. The van der Waals surface area contributed by atoms with E-state index in [0.29, 0.717) is 11.8 Å². The standard InChI is InChI=1S/C13H19N/c1-7-12-13(10(4)5)11(9(2)3)8-14(12)6/h1,8-10H,2-6H3. The average molecular weight is 189 g/mol. The lowest BCUT2D eigenvalue weighted by Crippen LogP contribution is -1.97. The van der Waals surface area contributed by atoms with Gasteiger partial charge in [-0.2, -0.15) is 0 Å². The Balaban J connectivity index is 3.40. The summed E-state index contributed by atoms with van der Waals surface area (Å²) in [6.45, 7) is 8.81. The predicted octanol–water partition coefficient (Wildman–Crippen LogP) is 3.25. The van der Waals surface area contributed by atoms with Gasteiger partial charge >= 0.3 is 0 Å². The van der Waals surface area contributed by atoms with Crippen LogP contribution in [-0.4, -0.2) is 4.57 Å². The van der Waals surface area contributed by atoms with Gasteiger partial charge in [0.15, 0.2) is 0 Å². The molecule has 0 atom stereocenters. The molecular weight excluding hydrogens is 170 g/mol. The van der Waals surface area contributed by atoms with Crippen LogP contribution in [0.2, 0.25) is 0 Å². The highest BCUT2D eigenvalue weighted by Crippen LogP contribution is 2.30. The molecule has 1 nitrogen and oxygen atoms in total. The van der Waals surface area contributed by atoms with Crippen molar-refractivity contribution < 1.29 is 0 Å². The normalized spacial score (nSPS) is 11.0. The molecule has 0 aliphatic heterocycles. The van der Waals surface area contributed by atoms with Gasteiger partial charge in [-0.1, -0.05) is 33.6 Å². The largest absolute Gasteiger partial charge is 0.344 e. The van der Waals surface area contributed by atoms with E-state index in [4.69, 9.17) is 6.42 Å². The highest BCUT2D eigenvalue weighted by molar-refractivity contribution is 5.44. The molecule has 0 unspecified atom stereocenters. The maximum Gasteiger partial charge on any atom is 0.0952 e. The minimum atomic E-state index is 0.500. The van der Waals surface area contributed by atoms with Crippen LogP contribution in [0.1, 0.15) is 56.4 Å². The smallest absolute Gasteiger partial charge is 0.0952 e. The van der Waals surface area contributed by atoms with Gasteiger partial charge in [0.2, 0.25) is 0 Å². The highest BCUT2D eigenvalue weighted by atomic mass is 14.9. The maximum atomic E-state index is 5.53. The third-order valence-electron chi connectivity index (χ3n) is 2.59. The molecule has 0 saturated heterocycles. The molecule has 0 amide bonds. The second kappa shape index (κ2) is 3.92. The molecule has 0 fully saturated rings. The lowest BCUT2D eigenvalue weighted by Gasteiger charge is -2.10. The number of aromatic nitrogens is 1. The molecule has 0 spiro atoms. The van der Waals surface area contributed by atoms with Gasteiger partial charge in [-0.15, -0.1) is 6.42 Å². The van der Waals surface area contributed by atoms with Crippen molar-refractivity contribution in [1.29, 1.82) is 0 Å². The Morgan fingerprint density at radius 2 is 1.79 bits per heavy atom. The summed E-state index contributed by atoms with van der Waals surface area (Å²) < 4.78 is 2.06. The fourth-order valence-corrected chi connectivity index (χ4v) is 1.92. The lowest BCUT2D eigenvalue weighted by atomic mass is 9.93. The van der Waals surface area contributed by atoms with Crippen LogP contribution in [0.5, 0.6) is 0 Å². The summed E-state index contributed by atoms with van der Waals surface area (Å²) in [7, 11) is 2.02. The number of hydrogen-bond acceptors (Lipinski definition) is 0. The van der Waals surface area contributed by atoms with Gasteiger partial charge in [0.25, 0.3) is 0 Å². The SMILES string of the molecule is C#Cc1c(C(C)C)c(C(C)C)cn1C. The topological polar surface area (TPSA) is 4.93 Å². The molecule has 76 valence electrons. The number of aryl methyl sites for hydroxylation is 1. The van der Waals surface area contributed by atoms with Gasteiger partial charge < -0.3 is 4.57 Å². The summed E-state index contributed by atoms with van der Waals surface area (Å²) in [5.41, 5.74) is 3.75. The van der Waals surface area contributed by atoms with Crippen molar-refractivity contribution in [2.24, 2.45) is 7.05 Å². The first-order valence-electron chi connectivity index (χ1n) is 5.14. The number of nitrogens with zero attached hydrogens (tertiary/aromatic N) is 1. The molecule has 1 heterocycles. The van der Waals surface area contributed by atoms with Crippen molar-refractivity contribution in [3.8, 4) is 12.3 Å². The van der Waals surface area contributed by atoms with E-state index in [9.17, 15) is 0 Å². The van der Waals surface area contributed by atoms with Crippen LogP contribution in [0.4, 0.5) is 0 Å². The van der Waals surface area contributed by atoms with Crippen molar-refractivity contribution in [2.75, 3.05) is 0 Å². The van der Waals surface area contributed by atoms with Gasteiger partial charge in [-0.05, 0) is 23.0 Å². The molecule has 14 heavy (non-hydrogen) atoms. The van der Waals surface area contributed by atoms with Crippen LogP contribution in [0.15, 0.2) is 6.20 Å². The fourth-order valence-electron chi connectivity index (χ4n) is 1.92. The summed E-state index contributed by atoms with van der Waals surface area (Å²) >= 11 is 0. The first-order valence-corrected chi connectivity index (χ1v) is 5.14. The predicted molar refractivity (Wildman–Crippen MR) is 61.5 cm³/mol. The number of rotatable bonds is 2. The second-order valence-corrected chi connectivity index (χ2v) is 4.41. The van der Waals surface area contributed by atoms with Crippen LogP contribution in [0.3, 0.4) is 0 Å². The van der Waals surface area contributed by atoms with Crippen LogP contribution in [-0.2, 0) is 7.05 Å². The third kappa shape index (κ3) is 1.70. The van der Waals surface area contributed by atoms with E-state index in [0.717, 1.165) is 5.69 Å². The van der Waals surface area contributed by atoms with Crippen molar-refractivity contribution in [3.05, 3.63) is 23.0 Å². The van der Waals surface area contributed by atoms with E-state index in [1.54, 1.807) is 0 Å². The number of hydrogen-bond donors (Lipinski definition) is 0. The zero-order valence-corrected chi connectivity index (χ0v) is 9.76. The molecule has 1 aromatic heterocycles. The van der Waals surface area contributed by atoms with E-state index in [1.807, 2.05) is 7.05 Å². The van der Waals surface area contributed by atoms with Crippen molar-refractivity contribution in [3.63, 3.8) is 0 Å². The Morgan fingerprint density at radius 1 is 1.21 bits per heavy atom. The summed E-state index contributed by atoms with van der Waals surface area (Å²) in [6.07, 6.45) is 7.69. The molecule has 0 radical (unpaired) electrons. The Bertz CT molecular complexity index is 361. The maximum absolute atomic E-state index is 5.53. The molecule has 0 aromatic carbocycles. The van der Waals surface area contributed by atoms with Crippen LogP contribution in [0, 0.1) is 12.3 Å². The molecule has 0 N–H and O–H groups in total. The molecule has 0 aliphatic rings. The van der Waals surface area contributed by atoms with E-state index in [1.165, 1.54) is 11.1 Å². The van der Waals surface area contributed by atoms with Crippen molar-refractivity contribution in [1.82, 2.24) is 4.57 Å². The first-order chi connectivity index (χ1) is 6.49. The highest BCUT2D eigenvalue weighted by Gasteiger charge is 2.17. The number of terminal acetylenes is 1. The van der Waals surface area contributed by atoms with E-state index >= 15 is 0 Å². The van der Waals surface area contributed by atoms with Gasteiger partial charge in [0, 0.05) is 13.2 Å². The lowest BCUT2D eigenvalue weighted by molar-refractivity contribution is 0.796. The molecule has 0 saturated carbocycles. The van der Waals surface area contributed by atoms with E-state index < -0.39 is 0 Å². The summed E-state index contributed by atoms with van der Waals surface area (Å²) in [4.78, 5) is 0. The Hall–Kier alpha value is -1.16. The Morgan fingerprint density at radius 3 is 2.14 bits per heavy atom. The zero-order chi connectivity index (χ0) is 10.9. The van der Waals surface area contributed by atoms with Crippen LogP contribution < -0.4 is 0 Å². The zero-order valence-electron chi connectivity index (χ0n) is 9.76. The average Bonchev–Trinajstić information content (AvgIpc) is 2.42. The summed E-state index contributed by atoms with van der Waals surface area (Å²) in [5.74, 6) is 3.83. The molecule has 1 heteroatoms. The van der Waals surface area contributed by atoms with E-state index in [2.05, 4.69) is 44.4 Å². The first kappa shape index (κ1) is 10.9.